The van der Waals surface area contributed by atoms with E-state index in [0.29, 0.717) is 12.3 Å². The molecule has 1 amide bonds. The molecule has 3 nitrogen and oxygen atoms in total. The molecule has 0 saturated heterocycles. The lowest BCUT2D eigenvalue weighted by molar-refractivity contribution is -0.118. The van der Waals surface area contributed by atoms with Crippen molar-refractivity contribution in [3.63, 3.8) is 0 Å². The van der Waals surface area contributed by atoms with E-state index in [-0.39, 0.29) is 5.91 Å². The zero-order chi connectivity index (χ0) is 13.7. The summed E-state index contributed by atoms with van der Waals surface area (Å²) < 4.78 is 0. The highest BCUT2D eigenvalue weighted by Crippen LogP contribution is 2.29. The zero-order valence-corrected chi connectivity index (χ0v) is 13.4. The van der Waals surface area contributed by atoms with E-state index in [0.717, 1.165) is 17.1 Å². The molecule has 0 aromatic carbocycles. The Hall–Kier alpha value is -0.850. The summed E-state index contributed by atoms with van der Waals surface area (Å²) in [6.45, 7) is 2.72. The van der Waals surface area contributed by atoms with Crippen molar-refractivity contribution in [3.8, 4) is 10.6 Å². The van der Waals surface area contributed by atoms with E-state index in [4.69, 9.17) is 0 Å². The normalized spacial score (nSPS) is 10.6. The molecule has 0 saturated carbocycles. The molecule has 0 spiro atoms. The molecule has 1 N–H and O–H groups in total. The number of nitrogens with one attached hydrogen (secondary N) is 1. The van der Waals surface area contributed by atoms with Gasteiger partial charge in [0.25, 0.3) is 0 Å². The van der Waals surface area contributed by atoms with E-state index >= 15 is 0 Å². The minimum Gasteiger partial charge on any atom is -0.355 e. The Morgan fingerprint density at radius 1 is 1.47 bits per heavy atom. The summed E-state index contributed by atoms with van der Waals surface area (Å²) in [6.07, 6.45) is 2.81. The number of nitrogens with zero attached hydrogens (tertiary/aromatic N) is 1. The lowest BCUT2D eigenvalue weighted by Crippen LogP contribution is -2.26. The number of thioether (sulfide) groups is 1. The molecule has 0 aliphatic carbocycles. The molecular weight excluding hydrogens is 296 g/mol. The molecule has 6 heteroatoms. The van der Waals surface area contributed by atoms with Crippen LogP contribution in [0, 0.1) is 6.92 Å². The molecule has 0 radical (unpaired) electrons. The first-order valence-electron chi connectivity index (χ1n) is 5.96. The summed E-state index contributed by atoms with van der Waals surface area (Å²) in [7, 11) is 0. The average Bonchev–Trinajstić information content (AvgIpc) is 2.98. The highest BCUT2D eigenvalue weighted by molar-refractivity contribution is 7.99. The number of hydrogen-bond donors (Lipinski definition) is 1. The summed E-state index contributed by atoms with van der Waals surface area (Å²) >= 11 is 4.97. The molecular formula is C13H16N2OS3. The minimum atomic E-state index is 0.111. The Bertz CT molecular complexity index is 548. The molecule has 2 rings (SSSR count). The summed E-state index contributed by atoms with van der Waals surface area (Å²) in [6, 6.07) is 4.23. The number of carbonyl (C=O) groups excluding carboxylic acids is 1. The van der Waals surface area contributed by atoms with E-state index in [1.807, 2.05) is 13.2 Å². The van der Waals surface area contributed by atoms with E-state index in [1.54, 1.807) is 34.4 Å². The SMILES string of the molecule is CSCC(=O)NCCc1ccc(-c2csc(C)n2)s1. The van der Waals surface area contributed by atoms with Gasteiger partial charge in [0.15, 0.2) is 0 Å². The maximum atomic E-state index is 11.3. The minimum absolute atomic E-state index is 0.111. The van der Waals surface area contributed by atoms with Gasteiger partial charge in [-0.3, -0.25) is 4.79 Å². The quantitative estimate of drug-likeness (QED) is 0.890. The first kappa shape index (κ1) is 14.6. The van der Waals surface area contributed by atoms with Gasteiger partial charge >= 0.3 is 0 Å². The van der Waals surface area contributed by atoms with Gasteiger partial charge in [-0.2, -0.15) is 11.8 Å². The second-order valence-electron chi connectivity index (χ2n) is 4.05. The van der Waals surface area contributed by atoms with Crippen LogP contribution in [0.1, 0.15) is 9.88 Å². The van der Waals surface area contributed by atoms with Crippen molar-refractivity contribution in [2.45, 2.75) is 13.3 Å². The van der Waals surface area contributed by atoms with Crippen LogP contribution in [0.2, 0.25) is 0 Å². The molecule has 0 atom stereocenters. The van der Waals surface area contributed by atoms with E-state index in [2.05, 4.69) is 27.8 Å². The summed E-state index contributed by atoms with van der Waals surface area (Å²) in [5, 5.41) is 6.10. The number of hydrogen-bond acceptors (Lipinski definition) is 5. The van der Waals surface area contributed by atoms with Crippen LogP contribution in [-0.2, 0) is 11.2 Å². The fourth-order valence-corrected chi connectivity index (χ4v) is 3.65. The lowest BCUT2D eigenvalue weighted by atomic mass is 10.3. The number of aromatic nitrogens is 1. The van der Waals surface area contributed by atoms with Crippen LogP contribution in [0.15, 0.2) is 17.5 Å². The van der Waals surface area contributed by atoms with Crippen molar-refractivity contribution in [1.82, 2.24) is 10.3 Å². The molecule has 0 unspecified atom stereocenters. The standard InChI is InChI=1S/C13H16N2OS3/c1-9-15-11(7-18-9)12-4-3-10(19-12)5-6-14-13(16)8-17-2/h3-4,7H,5-6,8H2,1-2H3,(H,14,16). The number of thiazole rings is 1. The van der Waals surface area contributed by atoms with Gasteiger partial charge in [-0.05, 0) is 31.7 Å². The smallest absolute Gasteiger partial charge is 0.229 e. The largest absolute Gasteiger partial charge is 0.355 e. The van der Waals surface area contributed by atoms with Gasteiger partial charge in [-0.1, -0.05) is 0 Å². The predicted molar refractivity (Wildman–Crippen MR) is 85.3 cm³/mol. The van der Waals surface area contributed by atoms with Gasteiger partial charge in [-0.25, -0.2) is 4.98 Å². The van der Waals surface area contributed by atoms with Gasteiger partial charge in [-0.15, -0.1) is 22.7 Å². The highest BCUT2D eigenvalue weighted by Gasteiger charge is 2.06. The van der Waals surface area contributed by atoms with Gasteiger partial charge in [0.2, 0.25) is 5.91 Å². The van der Waals surface area contributed by atoms with Crippen LogP contribution in [0.3, 0.4) is 0 Å². The molecule has 19 heavy (non-hydrogen) atoms. The Morgan fingerprint density at radius 3 is 3.00 bits per heavy atom. The van der Waals surface area contributed by atoms with Crippen LogP contribution in [0.5, 0.6) is 0 Å². The lowest BCUT2D eigenvalue weighted by Gasteiger charge is -2.01. The van der Waals surface area contributed by atoms with E-state index < -0.39 is 0 Å². The van der Waals surface area contributed by atoms with Gasteiger partial charge in [0, 0.05) is 16.8 Å². The maximum Gasteiger partial charge on any atom is 0.229 e. The van der Waals surface area contributed by atoms with Gasteiger partial charge < -0.3 is 5.32 Å². The van der Waals surface area contributed by atoms with Crippen LogP contribution in [0.4, 0.5) is 0 Å². The zero-order valence-electron chi connectivity index (χ0n) is 10.9. The Labute approximate surface area is 125 Å². The van der Waals surface area contributed by atoms with Crippen molar-refractivity contribution >= 4 is 40.3 Å². The topological polar surface area (TPSA) is 42.0 Å². The molecule has 2 aromatic heterocycles. The number of amides is 1. The number of aryl methyl sites for hydroxylation is 1. The maximum absolute atomic E-state index is 11.3. The fraction of sp³-hybridized carbons (Fsp3) is 0.385. The fourth-order valence-electron chi connectivity index (χ4n) is 1.63. The first-order valence-corrected chi connectivity index (χ1v) is 9.05. The van der Waals surface area contributed by atoms with Crippen molar-refractivity contribution in [3.05, 3.63) is 27.4 Å². The van der Waals surface area contributed by atoms with Crippen LogP contribution in [-0.4, -0.2) is 29.4 Å². The van der Waals surface area contributed by atoms with Crippen molar-refractivity contribution in [1.29, 1.82) is 0 Å². The van der Waals surface area contributed by atoms with Crippen molar-refractivity contribution < 1.29 is 4.79 Å². The average molecular weight is 312 g/mol. The Kier molecular flexibility index (Phi) is 5.42. The molecule has 0 aliphatic heterocycles. The monoisotopic (exact) mass is 312 g/mol. The molecule has 2 heterocycles. The second kappa shape index (κ2) is 7.07. The third-order valence-corrected chi connectivity index (χ3v) is 4.99. The van der Waals surface area contributed by atoms with Crippen LogP contribution < -0.4 is 5.32 Å². The number of thiophene rings is 1. The van der Waals surface area contributed by atoms with Crippen molar-refractivity contribution in [2.75, 3.05) is 18.6 Å². The van der Waals surface area contributed by atoms with Crippen LogP contribution in [0.25, 0.3) is 10.6 Å². The highest BCUT2D eigenvalue weighted by atomic mass is 32.2. The van der Waals surface area contributed by atoms with E-state index in [1.165, 1.54) is 9.75 Å². The first-order chi connectivity index (χ1) is 9.19. The molecule has 0 aliphatic rings. The second-order valence-corrected chi connectivity index (χ2v) is 7.15. The summed E-state index contributed by atoms with van der Waals surface area (Å²) in [5.41, 5.74) is 1.06. The predicted octanol–water partition coefficient (Wildman–Crippen LogP) is 3.20. The summed E-state index contributed by atoms with van der Waals surface area (Å²) in [4.78, 5) is 18.3. The van der Waals surface area contributed by atoms with E-state index in [9.17, 15) is 4.79 Å². The molecule has 0 bridgehead atoms. The van der Waals surface area contributed by atoms with Crippen molar-refractivity contribution in [2.24, 2.45) is 0 Å². The third kappa shape index (κ3) is 4.33. The van der Waals surface area contributed by atoms with Crippen LogP contribution >= 0.6 is 34.4 Å². The number of rotatable bonds is 6. The Balaban J connectivity index is 1.86. The molecule has 102 valence electrons. The van der Waals surface area contributed by atoms with Gasteiger partial charge in [0.1, 0.15) is 0 Å². The third-order valence-electron chi connectivity index (χ3n) is 2.50. The molecule has 2 aromatic rings. The molecule has 0 fully saturated rings. The van der Waals surface area contributed by atoms with Gasteiger partial charge in [0.05, 0.1) is 21.3 Å². The Morgan fingerprint density at radius 2 is 2.32 bits per heavy atom. The summed E-state index contributed by atoms with van der Waals surface area (Å²) in [5.74, 6) is 0.646. The number of carbonyl (C=O) groups is 1.